The number of aliphatic imine (C=N–C) groups is 1. The van der Waals surface area contributed by atoms with Crippen molar-refractivity contribution in [2.75, 3.05) is 11.1 Å². The molecule has 41 heavy (non-hydrogen) atoms. The number of hydrogen-bond acceptors (Lipinski definition) is 8. The van der Waals surface area contributed by atoms with Crippen LogP contribution >= 0.6 is 0 Å². The van der Waals surface area contributed by atoms with Gasteiger partial charge in [-0.25, -0.2) is 24.7 Å². The number of nitrogens with two attached hydrogens (primary N) is 1. The summed E-state index contributed by atoms with van der Waals surface area (Å²) in [5.74, 6) is 0.489. The Morgan fingerprint density at radius 1 is 1.12 bits per heavy atom. The minimum absolute atomic E-state index is 0.0398. The maximum Gasteiger partial charge on any atom is 0.294 e. The quantitative estimate of drug-likeness (QED) is 0.290. The second-order valence-electron chi connectivity index (χ2n) is 10.9. The van der Waals surface area contributed by atoms with Crippen LogP contribution in [0.25, 0.3) is 11.3 Å². The van der Waals surface area contributed by atoms with Crippen molar-refractivity contribution in [1.82, 2.24) is 20.3 Å². The number of aromatic nitrogens is 2. The monoisotopic (exact) mass is 561 g/mol. The lowest BCUT2D eigenvalue weighted by atomic mass is 9.92. The summed E-state index contributed by atoms with van der Waals surface area (Å²) in [6, 6.07) is 12.4. The number of nitrogen functional groups attached to an aromatic ring is 1. The van der Waals surface area contributed by atoms with Crippen LogP contribution < -0.4 is 27.4 Å². The highest BCUT2D eigenvalue weighted by molar-refractivity contribution is 5.99. The van der Waals surface area contributed by atoms with E-state index in [0.29, 0.717) is 22.5 Å². The van der Waals surface area contributed by atoms with Gasteiger partial charge in [0.1, 0.15) is 13.2 Å². The van der Waals surface area contributed by atoms with Crippen LogP contribution in [-0.2, 0) is 29.4 Å². The van der Waals surface area contributed by atoms with Crippen molar-refractivity contribution >= 4 is 23.2 Å². The summed E-state index contributed by atoms with van der Waals surface area (Å²) in [5.41, 5.74) is 11.5. The maximum absolute atomic E-state index is 13.4. The zero-order chi connectivity index (χ0) is 29.0. The van der Waals surface area contributed by atoms with E-state index >= 15 is 0 Å². The number of carbonyl (C=O) groups excluding carboxylic acids is 1. The fourth-order valence-electron chi connectivity index (χ4n) is 5.21. The number of nitrogens with zero attached hydrogens (tertiary/aromatic N) is 3. The molecule has 1 fully saturated rings. The highest BCUT2D eigenvalue weighted by Gasteiger charge is 2.38. The standard InChI is InChI=1S/C30H36FN7O3/c1-19(2)35-28-29(40)38(25(17-34-28)23-12-21(15-31)13-24(32)14-23)18-26(39)33-16-20-6-8-22(9-7-20)27-36-30(41-37-27)10-4-3-5-11-30/h6-9,12-14,17,19H,3-5,10-11,15-16,18,32H2,1-2H3,(H,33,39)(H,34,35)(H,36,37). The lowest BCUT2D eigenvalue weighted by Crippen LogP contribution is -2.35. The van der Waals surface area contributed by atoms with Crippen LogP contribution in [0.4, 0.5) is 15.9 Å². The van der Waals surface area contributed by atoms with Gasteiger partial charge in [-0.05, 0) is 68.9 Å². The highest BCUT2D eigenvalue weighted by Crippen LogP contribution is 2.35. The molecule has 3 aromatic rings. The summed E-state index contributed by atoms with van der Waals surface area (Å²) in [5, 5.41) is 5.91. The average Bonchev–Trinajstić information content (AvgIpc) is 3.37. The molecule has 5 rings (SSSR count). The molecule has 2 heterocycles. The van der Waals surface area contributed by atoms with E-state index in [9.17, 15) is 14.0 Å². The molecule has 0 unspecified atom stereocenters. The Morgan fingerprint density at radius 3 is 2.59 bits per heavy atom. The molecule has 1 aliphatic heterocycles. The third-order valence-electron chi connectivity index (χ3n) is 7.25. The number of benzene rings is 2. The first kappa shape index (κ1) is 28.3. The molecule has 1 aliphatic carbocycles. The predicted octanol–water partition coefficient (Wildman–Crippen LogP) is 4.04. The lowest BCUT2D eigenvalue weighted by molar-refractivity contribution is -0.121. The average molecular weight is 562 g/mol. The van der Waals surface area contributed by atoms with Crippen molar-refractivity contribution in [3.63, 3.8) is 0 Å². The molecule has 0 bridgehead atoms. The van der Waals surface area contributed by atoms with Crippen LogP contribution in [0.3, 0.4) is 0 Å². The van der Waals surface area contributed by atoms with E-state index in [4.69, 9.17) is 15.6 Å². The fourth-order valence-corrected chi connectivity index (χ4v) is 5.21. The van der Waals surface area contributed by atoms with Crippen molar-refractivity contribution < 1.29 is 14.0 Å². The van der Waals surface area contributed by atoms with E-state index in [1.807, 2.05) is 38.1 Å². The van der Waals surface area contributed by atoms with Gasteiger partial charge in [-0.2, -0.15) is 0 Å². The minimum atomic E-state index is -0.709. The lowest BCUT2D eigenvalue weighted by Gasteiger charge is -2.27. The number of hydrogen-bond donors (Lipinski definition) is 4. The number of carbonyl (C=O) groups is 1. The van der Waals surface area contributed by atoms with Gasteiger partial charge in [-0.3, -0.25) is 14.2 Å². The summed E-state index contributed by atoms with van der Waals surface area (Å²) in [4.78, 5) is 41.3. The van der Waals surface area contributed by atoms with Crippen molar-refractivity contribution in [2.24, 2.45) is 4.99 Å². The van der Waals surface area contributed by atoms with Crippen molar-refractivity contribution in [3.05, 3.63) is 75.7 Å². The van der Waals surface area contributed by atoms with Crippen LogP contribution in [0, 0.1) is 0 Å². The van der Waals surface area contributed by atoms with Gasteiger partial charge in [0.15, 0.2) is 17.4 Å². The Balaban J connectivity index is 1.30. The van der Waals surface area contributed by atoms with Crippen LogP contribution in [0.1, 0.15) is 62.6 Å². The minimum Gasteiger partial charge on any atom is -0.399 e. The molecule has 1 spiro atoms. The molecule has 1 saturated carbocycles. The van der Waals surface area contributed by atoms with Gasteiger partial charge < -0.3 is 16.4 Å². The molecule has 216 valence electrons. The Morgan fingerprint density at radius 2 is 1.88 bits per heavy atom. The van der Waals surface area contributed by atoms with Crippen molar-refractivity contribution in [3.8, 4) is 11.3 Å². The summed E-state index contributed by atoms with van der Waals surface area (Å²) in [6.07, 6.45) is 6.76. The Kier molecular flexibility index (Phi) is 8.34. The smallest absolute Gasteiger partial charge is 0.294 e. The van der Waals surface area contributed by atoms with Crippen LogP contribution in [0.15, 0.2) is 58.4 Å². The molecule has 2 aliphatic rings. The van der Waals surface area contributed by atoms with Crippen LogP contribution in [0.2, 0.25) is 0 Å². The molecule has 0 saturated heterocycles. The number of hydroxylamine groups is 1. The van der Waals surface area contributed by atoms with E-state index in [2.05, 4.69) is 21.1 Å². The second kappa shape index (κ2) is 12.1. The molecule has 11 heteroatoms. The molecule has 0 atom stereocenters. The zero-order valence-electron chi connectivity index (χ0n) is 23.4. The molecule has 0 radical (unpaired) electrons. The molecule has 2 aromatic carbocycles. The third-order valence-corrected chi connectivity index (χ3v) is 7.25. The first-order valence-electron chi connectivity index (χ1n) is 14.0. The first-order valence-corrected chi connectivity index (χ1v) is 14.0. The fraction of sp³-hybridized carbons (Fsp3) is 0.400. The largest absolute Gasteiger partial charge is 0.399 e. The summed E-state index contributed by atoms with van der Waals surface area (Å²) < 4.78 is 14.8. The number of nitrogens with one attached hydrogen (secondary N) is 3. The summed E-state index contributed by atoms with van der Waals surface area (Å²) >= 11 is 0. The highest BCUT2D eigenvalue weighted by atomic mass is 19.1. The third kappa shape index (κ3) is 6.57. The van der Waals surface area contributed by atoms with Gasteiger partial charge in [0.05, 0.1) is 11.9 Å². The molecule has 5 N–H and O–H groups in total. The van der Waals surface area contributed by atoms with Gasteiger partial charge >= 0.3 is 0 Å². The normalized spacial score (nSPS) is 16.0. The molecule has 1 amide bonds. The van der Waals surface area contributed by atoms with Crippen molar-refractivity contribution in [1.29, 1.82) is 0 Å². The van der Waals surface area contributed by atoms with Crippen LogP contribution in [-0.4, -0.2) is 33.1 Å². The molecule has 10 nitrogen and oxygen atoms in total. The van der Waals surface area contributed by atoms with Gasteiger partial charge in [-0.15, -0.1) is 0 Å². The second-order valence-corrected chi connectivity index (χ2v) is 10.9. The number of amides is 1. The number of alkyl halides is 1. The number of rotatable bonds is 9. The SMILES string of the molecule is CC(C)Nc1ncc(-c2cc(N)cc(CF)c2)n(CC(=O)NCc2ccc(C3=NC4(CCCCC4)ON3)cc2)c1=O. The van der Waals surface area contributed by atoms with E-state index in [-0.39, 0.29) is 30.9 Å². The maximum atomic E-state index is 13.4. The first-order chi connectivity index (χ1) is 19.7. The molecular weight excluding hydrogens is 525 g/mol. The van der Waals surface area contributed by atoms with Crippen LogP contribution in [0.5, 0.6) is 0 Å². The number of amidine groups is 1. The summed E-state index contributed by atoms with van der Waals surface area (Å²) in [7, 11) is 0. The van der Waals surface area contributed by atoms with E-state index in [1.165, 1.54) is 23.3 Å². The molecule has 1 aromatic heterocycles. The number of halogens is 1. The molecular formula is C30H36FN7O3. The predicted molar refractivity (Wildman–Crippen MR) is 157 cm³/mol. The Hall–Kier alpha value is -4.25. The summed E-state index contributed by atoms with van der Waals surface area (Å²) in [6.45, 7) is 3.09. The zero-order valence-corrected chi connectivity index (χ0v) is 23.4. The van der Waals surface area contributed by atoms with E-state index < -0.39 is 18.0 Å². The van der Waals surface area contributed by atoms with Crippen molar-refractivity contribution in [2.45, 2.75) is 77.5 Å². The Labute approximate surface area is 238 Å². The van der Waals surface area contributed by atoms with Gasteiger partial charge in [0.25, 0.3) is 5.56 Å². The van der Waals surface area contributed by atoms with Gasteiger partial charge in [-0.1, -0.05) is 30.7 Å². The van der Waals surface area contributed by atoms with Gasteiger partial charge in [0.2, 0.25) is 5.91 Å². The topological polar surface area (TPSA) is 136 Å². The van der Waals surface area contributed by atoms with E-state index in [1.54, 1.807) is 12.1 Å². The van der Waals surface area contributed by atoms with E-state index in [0.717, 1.165) is 42.6 Å². The Bertz CT molecular complexity index is 1490. The number of anilines is 2. The van der Waals surface area contributed by atoms with Gasteiger partial charge in [0, 0.05) is 29.4 Å².